The molecule has 0 rings (SSSR count). The Labute approximate surface area is 113 Å². The van der Waals surface area contributed by atoms with Gasteiger partial charge in [-0.1, -0.05) is 0 Å². The summed E-state index contributed by atoms with van der Waals surface area (Å²) >= 11 is 0. The summed E-state index contributed by atoms with van der Waals surface area (Å²) < 4.78 is 5.13. The molecule has 0 aromatic rings. The number of carbonyl (C=O) groups excluding carboxylic acids is 1. The molecule has 0 saturated carbocycles. The molecular weight excluding hydrogens is 323 g/mol. The van der Waals surface area contributed by atoms with Gasteiger partial charge in [0.1, 0.15) is 5.60 Å². The molecule has 0 radical (unpaired) electrons. The summed E-state index contributed by atoms with van der Waals surface area (Å²) in [4.78, 5) is 16.6. The highest BCUT2D eigenvalue weighted by molar-refractivity contribution is 14.0. The molecule has 0 saturated heterocycles. The van der Waals surface area contributed by atoms with Crippen molar-refractivity contribution in [3.05, 3.63) is 0 Å². The summed E-state index contributed by atoms with van der Waals surface area (Å²) in [7, 11) is 1.64. The average Bonchev–Trinajstić information content (AvgIpc) is 1.99. The number of nitrogens with zero attached hydrogens (tertiary/aromatic N) is 2. The van der Waals surface area contributed by atoms with E-state index in [1.165, 1.54) is 4.90 Å². The first-order valence-electron chi connectivity index (χ1n) is 4.72. The van der Waals surface area contributed by atoms with Crippen LogP contribution in [0, 0.1) is 0 Å². The van der Waals surface area contributed by atoms with Gasteiger partial charge in [0.2, 0.25) is 0 Å². The highest BCUT2D eigenvalue weighted by atomic mass is 127. The van der Waals surface area contributed by atoms with Crippen LogP contribution < -0.4 is 11.5 Å². The number of halogens is 1. The van der Waals surface area contributed by atoms with Gasteiger partial charge in [-0.2, -0.15) is 0 Å². The van der Waals surface area contributed by atoms with Gasteiger partial charge in [0, 0.05) is 13.6 Å². The van der Waals surface area contributed by atoms with E-state index in [0.29, 0.717) is 13.1 Å². The number of rotatable bonds is 3. The number of hydrogen-bond donors (Lipinski definition) is 2. The molecule has 0 unspecified atom stereocenters. The highest BCUT2D eigenvalue weighted by Crippen LogP contribution is 2.08. The van der Waals surface area contributed by atoms with E-state index >= 15 is 0 Å². The normalized spacial score (nSPS) is 10.0. The smallest absolute Gasteiger partial charge is 0.410 e. The summed E-state index contributed by atoms with van der Waals surface area (Å²) in [5.41, 5.74) is 9.81. The molecule has 6 nitrogen and oxygen atoms in total. The molecule has 0 aromatic heterocycles. The highest BCUT2D eigenvalue weighted by Gasteiger charge is 2.18. The molecule has 0 fully saturated rings. The lowest BCUT2D eigenvalue weighted by atomic mass is 10.2. The topological polar surface area (TPSA) is 93.9 Å². The lowest BCUT2D eigenvalue weighted by molar-refractivity contribution is 0.0304. The van der Waals surface area contributed by atoms with E-state index in [-0.39, 0.29) is 36.0 Å². The molecule has 0 heterocycles. The molecule has 0 aliphatic heterocycles. The summed E-state index contributed by atoms with van der Waals surface area (Å²) in [5, 5.41) is 0. The Kier molecular flexibility index (Phi) is 8.31. The first kappa shape index (κ1) is 17.7. The van der Waals surface area contributed by atoms with Crippen molar-refractivity contribution in [1.29, 1.82) is 0 Å². The fourth-order valence-corrected chi connectivity index (χ4v) is 0.760. The fraction of sp³-hybridized carbons (Fsp3) is 0.778. The third-order valence-corrected chi connectivity index (χ3v) is 1.43. The number of carbonyl (C=O) groups is 1. The van der Waals surface area contributed by atoms with Crippen LogP contribution >= 0.6 is 24.0 Å². The number of hydrogen-bond acceptors (Lipinski definition) is 3. The first-order valence-corrected chi connectivity index (χ1v) is 4.72. The predicted molar refractivity (Wildman–Crippen MR) is 75.0 cm³/mol. The molecular formula is C9H21IN4O2. The summed E-state index contributed by atoms with van der Waals surface area (Å²) in [6.07, 6.45) is -0.381. The molecule has 0 aliphatic carbocycles. The summed E-state index contributed by atoms with van der Waals surface area (Å²) in [6.45, 7) is 6.24. The van der Waals surface area contributed by atoms with E-state index in [1.54, 1.807) is 7.05 Å². The number of amides is 1. The number of nitrogens with two attached hydrogens (primary N) is 2. The lowest BCUT2D eigenvalue weighted by Crippen LogP contribution is -2.36. The van der Waals surface area contributed by atoms with Crippen LogP contribution in [-0.2, 0) is 4.74 Å². The van der Waals surface area contributed by atoms with Crippen LogP contribution in [0.1, 0.15) is 20.8 Å². The third-order valence-electron chi connectivity index (χ3n) is 1.43. The summed E-state index contributed by atoms with van der Waals surface area (Å²) in [6, 6.07) is 0. The zero-order valence-electron chi connectivity index (χ0n) is 10.2. The van der Waals surface area contributed by atoms with Crippen LogP contribution in [-0.4, -0.2) is 42.7 Å². The SMILES string of the molecule is CN(CCN=C(N)N)C(=O)OC(C)(C)C.I. The van der Waals surface area contributed by atoms with E-state index in [4.69, 9.17) is 16.2 Å². The molecule has 0 aliphatic rings. The van der Waals surface area contributed by atoms with Crippen LogP contribution in [0.2, 0.25) is 0 Å². The van der Waals surface area contributed by atoms with E-state index in [9.17, 15) is 4.79 Å². The van der Waals surface area contributed by atoms with E-state index < -0.39 is 5.60 Å². The Bertz CT molecular complexity index is 246. The third kappa shape index (κ3) is 9.81. The van der Waals surface area contributed by atoms with Gasteiger partial charge in [0.15, 0.2) is 5.96 Å². The van der Waals surface area contributed by atoms with Gasteiger partial charge < -0.3 is 21.1 Å². The predicted octanol–water partition coefficient (Wildman–Crippen LogP) is 0.745. The number of ether oxygens (including phenoxy) is 1. The van der Waals surface area contributed by atoms with Crippen molar-refractivity contribution < 1.29 is 9.53 Å². The lowest BCUT2D eigenvalue weighted by Gasteiger charge is -2.24. The second kappa shape index (κ2) is 7.53. The second-order valence-corrected chi connectivity index (χ2v) is 4.21. The largest absolute Gasteiger partial charge is 0.444 e. The average molecular weight is 344 g/mol. The van der Waals surface area contributed by atoms with Crippen LogP contribution in [0.25, 0.3) is 0 Å². The van der Waals surface area contributed by atoms with Crippen LogP contribution in [0.4, 0.5) is 4.79 Å². The Morgan fingerprint density at radius 3 is 2.25 bits per heavy atom. The van der Waals surface area contributed by atoms with Crippen molar-refractivity contribution in [3.8, 4) is 0 Å². The van der Waals surface area contributed by atoms with Crippen molar-refractivity contribution in [3.63, 3.8) is 0 Å². The molecule has 0 atom stereocenters. The van der Waals surface area contributed by atoms with Gasteiger partial charge in [0.05, 0.1) is 6.54 Å². The van der Waals surface area contributed by atoms with E-state index in [1.807, 2.05) is 20.8 Å². The van der Waals surface area contributed by atoms with Gasteiger partial charge in [-0.05, 0) is 20.8 Å². The van der Waals surface area contributed by atoms with Crippen molar-refractivity contribution >= 4 is 36.0 Å². The number of aliphatic imine (C=N–C) groups is 1. The van der Waals surface area contributed by atoms with Gasteiger partial charge in [0.25, 0.3) is 0 Å². The maximum absolute atomic E-state index is 11.4. The Morgan fingerprint density at radius 1 is 1.38 bits per heavy atom. The first-order chi connectivity index (χ1) is 6.72. The standard InChI is InChI=1S/C9H20N4O2.HI/c1-9(2,3)15-8(14)13(4)6-5-12-7(10)11;/h5-6H2,1-4H3,(H4,10,11,12);1H. The molecule has 0 spiro atoms. The van der Waals surface area contributed by atoms with Crippen molar-refractivity contribution in [2.45, 2.75) is 26.4 Å². The van der Waals surface area contributed by atoms with Gasteiger partial charge in [-0.15, -0.1) is 24.0 Å². The van der Waals surface area contributed by atoms with Crippen LogP contribution in [0.3, 0.4) is 0 Å². The quantitative estimate of drug-likeness (QED) is 0.449. The number of likely N-dealkylation sites (N-methyl/N-ethyl adjacent to an activating group) is 1. The maximum atomic E-state index is 11.4. The molecule has 0 bridgehead atoms. The molecule has 16 heavy (non-hydrogen) atoms. The van der Waals surface area contributed by atoms with E-state index in [0.717, 1.165) is 0 Å². The number of guanidine groups is 1. The van der Waals surface area contributed by atoms with Crippen LogP contribution in [0.5, 0.6) is 0 Å². The van der Waals surface area contributed by atoms with Crippen molar-refractivity contribution in [2.24, 2.45) is 16.5 Å². The minimum absolute atomic E-state index is 0. The van der Waals surface area contributed by atoms with Gasteiger partial charge in [-0.25, -0.2) is 4.79 Å². The monoisotopic (exact) mass is 344 g/mol. The van der Waals surface area contributed by atoms with Gasteiger partial charge in [-0.3, -0.25) is 4.99 Å². The molecule has 7 heteroatoms. The second-order valence-electron chi connectivity index (χ2n) is 4.21. The minimum atomic E-state index is -0.485. The Hall–Kier alpha value is -0.730. The van der Waals surface area contributed by atoms with Crippen LogP contribution in [0.15, 0.2) is 4.99 Å². The Balaban J connectivity index is 0. The summed E-state index contributed by atoms with van der Waals surface area (Å²) in [5.74, 6) is 0.0209. The Morgan fingerprint density at radius 2 is 1.88 bits per heavy atom. The van der Waals surface area contributed by atoms with Gasteiger partial charge >= 0.3 is 6.09 Å². The zero-order valence-corrected chi connectivity index (χ0v) is 12.5. The molecule has 96 valence electrons. The van der Waals surface area contributed by atoms with Crippen molar-refractivity contribution in [1.82, 2.24) is 4.90 Å². The van der Waals surface area contributed by atoms with Crippen molar-refractivity contribution in [2.75, 3.05) is 20.1 Å². The molecule has 0 aromatic carbocycles. The zero-order chi connectivity index (χ0) is 12.1. The van der Waals surface area contributed by atoms with E-state index in [2.05, 4.69) is 4.99 Å². The minimum Gasteiger partial charge on any atom is -0.444 e. The molecule has 1 amide bonds. The maximum Gasteiger partial charge on any atom is 0.410 e. The fourth-order valence-electron chi connectivity index (χ4n) is 0.760. The molecule has 4 N–H and O–H groups in total.